The molecule has 1 aromatic heterocycles. The van der Waals surface area contributed by atoms with E-state index in [1.807, 2.05) is 20.0 Å². The first-order valence-corrected chi connectivity index (χ1v) is 8.08. The maximum absolute atomic E-state index is 11.1. The van der Waals surface area contributed by atoms with Gasteiger partial charge in [0.15, 0.2) is 0 Å². The summed E-state index contributed by atoms with van der Waals surface area (Å²) in [4.78, 5) is 10.7. The zero-order chi connectivity index (χ0) is 17.3. The third-order valence-corrected chi connectivity index (χ3v) is 4.66. The highest BCUT2D eigenvalue weighted by Crippen LogP contribution is 2.33. The van der Waals surface area contributed by atoms with Gasteiger partial charge in [-0.05, 0) is 37.3 Å². The van der Waals surface area contributed by atoms with E-state index in [4.69, 9.17) is 4.74 Å². The van der Waals surface area contributed by atoms with Crippen molar-refractivity contribution >= 4 is 5.69 Å². The smallest absolute Gasteiger partial charge is 0.269 e. The number of aromatic nitrogens is 2. The molecule has 1 atom stereocenters. The van der Waals surface area contributed by atoms with Gasteiger partial charge in [-0.3, -0.25) is 10.1 Å². The van der Waals surface area contributed by atoms with Crippen LogP contribution in [0, 0.1) is 17.0 Å². The molecule has 1 aromatic carbocycles. The maximum atomic E-state index is 11.1. The fourth-order valence-corrected chi connectivity index (χ4v) is 3.48. The van der Waals surface area contributed by atoms with E-state index in [9.17, 15) is 10.1 Å². The number of benzene rings is 1. The predicted octanol–water partition coefficient (Wildman–Crippen LogP) is 2.81. The monoisotopic (exact) mass is 330 g/mol. The minimum absolute atomic E-state index is 0.109. The van der Waals surface area contributed by atoms with Gasteiger partial charge in [0.25, 0.3) is 5.69 Å². The van der Waals surface area contributed by atoms with Crippen molar-refractivity contribution in [1.82, 2.24) is 15.1 Å². The molecular weight excluding hydrogens is 308 g/mol. The Labute approximate surface area is 140 Å². The van der Waals surface area contributed by atoms with E-state index in [1.54, 1.807) is 23.9 Å². The minimum Gasteiger partial charge on any atom is -0.481 e. The zero-order valence-electron chi connectivity index (χ0n) is 14.2. The highest BCUT2D eigenvalue weighted by molar-refractivity contribution is 5.43. The molecule has 0 fully saturated rings. The number of fused-ring (bicyclic) bond motifs is 1. The first-order chi connectivity index (χ1) is 11.5. The molecule has 7 heteroatoms. The van der Waals surface area contributed by atoms with E-state index >= 15 is 0 Å². The average molecular weight is 330 g/mol. The molecule has 24 heavy (non-hydrogen) atoms. The number of aryl methyl sites for hydroxylation is 3. The number of nitrogens with one attached hydrogen (secondary N) is 1. The normalized spacial score (nSPS) is 16.7. The van der Waals surface area contributed by atoms with Crippen LogP contribution in [0.25, 0.3) is 0 Å². The van der Waals surface area contributed by atoms with Crippen LogP contribution < -0.4 is 10.1 Å². The Balaban J connectivity index is 1.83. The molecule has 1 aliphatic rings. The van der Waals surface area contributed by atoms with Crippen LogP contribution in [0.5, 0.6) is 5.88 Å². The molecule has 2 aromatic rings. The summed E-state index contributed by atoms with van der Waals surface area (Å²) in [6, 6.07) is 5.30. The molecule has 0 bridgehead atoms. The fraction of sp³-hybridized carbons (Fsp3) is 0.471. The Kier molecular flexibility index (Phi) is 4.53. The average Bonchev–Trinajstić information content (AvgIpc) is 2.85. The molecule has 0 spiro atoms. The lowest BCUT2D eigenvalue weighted by molar-refractivity contribution is -0.385. The number of nitrogens with zero attached hydrogens (tertiary/aromatic N) is 3. The van der Waals surface area contributed by atoms with Gasteiger partial charge in [-0.1, -0.05) is 6.07 Å². The van der Waals surface area contributed by atoms with Crippen LogP contribution in [0.3, 0.4) is 0 Å². The number of nitro benzene ring substituents is 1. The van der Waals surface area contributed by atoms with Gasteiger partial charge >= 0.3 is 0 Å². The van der Waals surface area contributed by atoms with Crippen LogP contribution in [0.4, 0.5) is 5.69 Å². The Morgan fingerprint density at radius 2 is 2.29 bits per heavy atom. The van der Waals surface area contributed by atoms with Crippen LogP contribution in [-0.2, 0) is 20.0 Å². The van der Waals surface area contributed by atoms with Crippen molar-refractivity contribution < 1.29 is 9.66 Å². The number of methoxy groups -OCH3 is 1. The fourth-order valence-electron chi connectivity index (χ4n) is 3.48. The first-order valence-electron chi connectivity index (χ1n) is 8.08. The molecule has 7 nitrogen and oxygen atoms in total. The number of hydrogen-bond acceptors (Lipinski definition) is 5. The second-order valence-electron chi connectivity index (χ2n) is 6.16. The summed E-state index contributed by atoms with van der Waals surface area (Å²) < 4.78 is 7.16. The lowest BCUT2D eigenvalue weighted by Gasteiger charge is -2.26. The third kappa shape index (κ3) is 2.99. The van der Waals surface area contributed by atoms with Gasteiger partial charge in [0.1, 0.15) is 0 Å². The topological polar surface area (TPSA) is 82.2 Å². The molecule has 1 heterocycles. The SMILES string of the molecule is COc1c(CN[C@H]2CCCc3ccc([N+](=O)[O-])cc32)c(C)nn1C. The van der Waals surface area contributed by atoms with E-state index in [0.717, 1.165) is 42.0 Å². The predicted molar refractivity (Wildman–Crippen MR) is 90.1 cm³/mol. The standard InChI is InChI=1S/C17H22N4O3/c1-11-15(17(24-3)20(2)19-11)10-18-16-6-4-5-12-7-8-13(21(22)23)9-14(12)16/h7-9,16,18H,4-6,10H2,1-3H3/t16-/m0/s1. The van der Waals surface area contributed by atoms with E-state index in [0.29, 0.717) is 6.54 Å². The number of rotatable bonds is 5. The third-order valence-electron chi connectivity index (χ3n) is 4.66. The van der Waals surface area contributed by atoms with Crippen LogP contribution in [0.15, 0.2) is 18.2 Å². The van der Waals surface area contributed by atoms with Gasteiger partial charge in [0.05, 0.1) is 23.3 Å². The van der Waals surface area contributed by atoms with E-state index < -0.39 is 0 Å². The maximum Gasteiger partial charge on any atom is 0.269 e. The highest BCUT2D eigenvalue weighted by atomic mass is 16.6. The second kappa shape index (κ2) is 6.60. The second-order valence-corrected chi connectivity index (χ2v) is 6.16. The number of nitro groups is 1. The minimum atomic E-state index is -0.333. The van der Waals surface area contributed by atoms with Gasteiger partial charge in [0, 0.05) is 31.8 Å². The van der Waals surface area contributed by atoms with Crippen molar-refractivity contribution in [3.63, 3.8) is 0 Å². The lowest BCUT2D eigenvalue weighted by Crippen LogP contribution is -2.25. The molecule has 1 N–H and O–H groups in total. The van der Waals surface area contributed by atoms with Gasteiger partial charge in [-0.15, -0.1) is 0 Å². The molecule has 0 radical (unpaired) electrons. The Hall–Kier alpha value is -2.41. The Bertz CT molecular complexity index is 769. The van der Waals surface area contributed by atoms with Crippen molar-refractivity contribution in [3.05, 3.63) is 50.7 Å². The summed E-state index contributed by atoms with van der Waals surface area (Å²) in [6.45, 7) is 2.58. The number of non-ortho nitro benzene ring substituents is 1. The highest BCUT2D eigenvalue weighted by Gasteiger charge is 2.23. The van der Waals surface area contributed by atoms with Crippen LogP contribution in [0.1, 0.15) is 41.3 Å². The number of hydrogen-bond donors (Lipinski definition) is 1. The quantitative estimate of drug-likeness (QED) is 0.673. The van der Waals surface area contributed by atoms with Crippen molar-refractivity contribution in [1.29, 1.82) is 0 Å². The molecule has 0 saturated carbocycles. The molecule has 3 rings (SSSR count). The molecule has 0 unspecified atom stereocenters. The van der Waals surface area contributed by atoms with Crippen molar-refractivity contribution in [2.45, 2.75) is 38.8 Å². The van der Waals surface area contributed by atoms with Crippen LogP contribution >= 0.6 is 0 Å². The van der Waals surface area contributed by atoms with Crippen molar-refractivity contribution in [3.8, 4) is 5.88 Å². The van der Waals surface area contributed by atoms with Crippen molar-refractivity contribution in [2.24, 2.45) is 7.05 Å². The Morgan fingerprint density at radius 1 is 1.50 bits per heavy atom. The first kappa shape index (κ1) is 16.4. The summed E-state index contributed by atoms with van der Waals surface area (Å²) in [5, 5.41) is 19.0. The molecule has 0 amide bonds. The Morgan fingerprint density at radius 3 is 3.00 bits per heavy atom. The van der Waals surface area contributed by atoms with Gasteiger partial charge in [0.2, 0.25) is 5.88 Å². The van der Waals surface area contributed by atoms with Gasteiger partial charge < -0.3 is 10.1 Å². The van der Waals surface area contributed by atoms with Crippen LogP contribution in [-0.4, -0.2) is 21.8 Å². The molecule has 1 aliphatic carbocycles. The largest absolute Gasteiger partial charge is 0.481 e. The number of ether oxygens (including phenoxy) is 1. The van der Waals surface area contributed by atoms with Crippen molar-refractivity contribution in [2.75, 3.05) is 7.11 Å². The molecule has 128 valence electrons. The van der Waals surface area contributed by atoms with Crippen LogP contribution in [0.2, 0.25) is 0 Å². The zero-order valence-corrected chi connectivity index (χ0v) is 14.2. The van der Waals surface area contributed by atoms with E-state index in [1.165, 1.54) is 5.56 Å². The molecule has 0 aliphatic heterocycles. The summed E-state index contributed by atoms with van der Waals surface area (Å²) in [5.41, 5.74) is 4.34. The summed E-state index contributed by atoms with van der Waals surface area (Å²) >= 11 is 0. The summed E-state index contributed by atoms with van der Waals surface area (Å²) in [7, 11) is 3.49. The lowest BCUT2D eigenvalue weighted by atomic mass is 9.87. The molecule has 0 saturated heterocycles. The van der Waals surface area contributed by atoms with Gasteiger partial charge in [-0.2, -0.15) is 5.10 Å². The summed E-state index contributed by atoms with van der Waals surface area (Å²) in [6.07, 6.45) is 3.02. The van der Waals surface area contributed by atoms with E-state index in [2.05, 4.69) is 10.4 Å². The van der Waals surface area contributed by atoms with Gasteiger partial charge in [-0.25, -0.2) is 4.68 Å². The van der Waals surface area contributed by atoms with E-state index in [-0.39, 0.29) is 16.7 Å². The molecular formula is C17H22N4O3. The summed E-state index contributed by atoms with van der Waals surface area (Å²) in [5.74, 6) is 0.745.